The summed E-state index contributed by atoms with van der Waals surface area (Å²) >= 11 is 0. The Morgan fingerprint density at radius 1 is 0.829 bits per heavy atom. The molecule has 0 radical (unpaired) electrons. The van der Waals surface area contributed by atoms with Crippen molar-refractivity contribution in [2.45, 2.75) is 19.3 Å². The standard InChI is InChI=1S/C30H27FO4/c1-21-19-27(15-16-29(21)35-20-30(32)33)34-18-17-28(25-11-13-26(31)14-12-25)24-9-7-23(8-10-24)22-5-3-2-4-6-22/h2-16,19,28H,17-18,20H2,1H3,(H,32,33). The van der Waals surface area contributed by atoms with Crippen LogP contribution in [0.15, 0.2) is 97.1 Å². The highest BCUT2D eigenvalue weighted by Gasteiger charge is 2.15. The second kappa shape index (κ2) is 11.3. The zero-order valence-electron chi connectivity index (χ0n) is 19.5. The molecule has 0 saturated heterocycles. The van der Waals surface area contributed by atoms with Gasteiger partial charge in [0, 0.05) is 5.92 Å². The average molecular weight is 471 g/mol. The summed E-state index contributed by atoms with van der Waals surface area (Å²) in [6, 6.07) is 30.6. The van der Waals surface area contributed by atoms with Crippen molar-refractivity contribution in [1.82, 2.24) is 0 Å². The molecular weight excluding hydrogens is 443 g/mol. The average Bonchev–Trinajstić information content (AvgIpc) is 2.87. The molecule has 178 valence electrons. The fourth-order valence-electron chi connectivity index (χ4n) is 4.07. The molecule has 0 aliphatic carbocycles. The first kappa shape index (κ1) is 24.0. The van der Waals surface area contributed by atoms with Crippen LogP contribution in [-0.4, -0.2) is 24.3 Å². The van der Waals surface area contributed by atoms with E-state index in [0.717, 1.165) is 27.8 Å². The van der Waals surface area contributed by atoms with Gasteiger partial charge in [-0.05, 0) is 71.5 Å². The lowest BCUT2D eigenvalue weighted by atomic mass is 9.88. The maximum Gasteiger partial charge on any atom is 0.341 e. The molecule has 5 heteroatoms. The number of rotatable bonds is 10. The molecule has 1 N–H and O–H groups in total. The Labute approximate surface area is 204 Å². The molecule has 0 spiro atoms. The molecule has 4 aromatic rings. The van der Waals surface area contributed by atoms with E-state index in [0.29, 0.717) is 24.5 Å². The van der Waals surface area contributed by atoms with E-state index in [4.69, 9.17) is 14.6 Å². The van der Waals surface area contributed by atoms with Crippen molar-refractivity contribution in [3.63, 3.8) is 0 Å². The quantitative estimate of drug-likeness (QED) is 0.275. The van der Waals surface area contributed by atoms with Crippen LogP contribution in [-0.2, 0) is 4.79 Å². The van der Waals surface area contributed by atoms with E-state index in [1.807, 2.05) is 43.3 Å². The first-order valence-electron chi connectivity index (χ1n) is 11.5. The highest BCUT2D eigenvalue weighted by atomic mass is 19.1. The Morgan fingerprint density at radius 2 is 1.46 bits per heavy atom. The smallest absolute Gasteiger partial charge is 0.341 e. The number of hydrogen-bond acceptors (Lipinski definition) is 3. The minimum absolute atomic E-state index is 0.0414. The maximum absolute atomic E-state index is 13.6. The predicted octanol–water partition coefficient (Wildman–Crippen LogP) is 6.87. The summed E-state index contributed by atoms with van der Waals surface area (Å²) in [4.78, 5) is 10.7. The Hall–Kier alpha value is -4.12. The highest BCUT2D eigenvalue weighted by Crippen LogP contribution is 2.31. The molecule has 4 rings (SSSR count). The normalized spacial score (nSPS) is 11.6. The Kier molecular flexibility index (Phi) is 7.78. The Morgan fingerprint density at radius 3 is 2.09 bits per heavy atom. The minimum Gasteiger partial charge on any atom is -0.494 e. The van der Waals surface area contributed by atoms with Gasteiger partial charge in [-0.25, -0.2) is 9.18 Å². The molecule has 0 amide bonds. The summed E-state index contributed by atoms with van der Waals surface area (Å²) in [5.74, 6) is -0.0400. The molecule has 0 aliphatic heterocycles. The summed E-state index contributed by atoms with van der Waals surface area (Å²) in [6.07, 6.45) is 0.701. The third-order valence-electron chi connectivity index (χ3n) is 5.87. The maximum atomic E-state index is 13.6. The molecule has 0 aromatic heterocycles. The van der Waals surface area contributed by atoms with Gasteiger partial charge < -0.3 is 14.6 Å². The van der Waals surface area contributed by atoms with Crippen LogP contribution >= 0.6 is 0 Å². The van der Waals surface area contributed by atoms with Gasteiger partial charge in [0.15, 0.2) is 6.61 Å². The zero-order valence-corrected chi connectivity index (χ0v) is 19.5. The monoisotopic (exact) mass is 470 g/mol. The van der Waals surface area contributed by atoms with Crippen LogP contribution in [0.25, 0.3) is 11.1 Å². The summed E-state index contributed by atoms with van der Waals surface area (Å²) < 4.78 is 24.9. The Balaban J connectivity index is 1.47. The van der Waals surface area contributed by atoms with E-state index in [1.54, 1.807) is 12.1 Å². The van der Waals surface area contributed by atoms with Gasteiger partial charge in [-0.1, -0.05) is 66.7 Å². The van der Waals surface area contributed by atoms with Gasteiger partial charge in [0.25, 0.3) is 0 Å². The van der Waals surface area contributed by atoms with Crippen LogP contribution in [0.5, 0.6) is 11.5 Å². The van der Waals surface area contributed by atoms with E-state index in [-0.39, 0.29) is 18.3 Å². The summed E-state index contributed by atoms with van der Waals surface area (Å²) in [5.41, 5.74) is 5.26. The number of halogens is 1. The number of carboxylic acids is 1. The largest absolute Gasteiger partial charge is 0.494 e. The third kappa shape index (κ3) is 6.48. The van der Waals surface area contributed by atoms with Crippen LogP contribution in [0.1, 0.15) is 29.0 Å². The summed E-state index contributed by atoms with van der Waals surface area (Å²) in [7, 11) is 0. The predicted molar refractivity (Wildman–Crippen MR) is 135 cm³/mol. The summed E-state index contributed by atoms with van der Waals surface area (Å²) in [6.45, 7) is 1.92. The van der Waals surface area contributed by atoms with Crippen molar-refractivity contribution >= 4 is 5.97 Å². The number of aliphatic carboxylic acids is 1. The lowest BCUT2D eigenvalue weighted by Gasteiger charge is -2.19. The number of benzene rings is 4. The molecule has 35 heavy (non-hydrogen) atoms. The molecule has 0 heterocycles. The number of ether oxygens (including phenoxy) is 2. The van der Waals surface area contributed by atoms with E-state index in [2.05, 4.69) is 36.4 Å². The van der Waals surface area contributed by atoms with Gasteiger partial charge in [0.05, 0.1) is 6.61 Å². The first-order valence-corrected chi connectivity index (χ1v) is 11.5. The van der Waals surface area contributed by atoms with Crippen LogP contribution in [0.2, 0.25) is 0 Å². The van der Waals surface area contributed by atoms with Crippen molar-refractivity contribution in [2.24, 2.45) is 0 Å². The summed E-state index contributed by atoms with van der Waals surface area (Å²) in [5, 5.41) is 8.79. The molecule has 0 fully saturated rings. The molecule has 1 atom stereocenters. The van der Waals surface area contributed by atoms with Crippen molar-refractivity contribution in [2.75, 3.05) is 13.2 Å². The second-order valence-electron chi connectivity index (χ2n) is 8.34. The van der Waals surface area contributed by atoms with Gasteiger partial charge in [-0.15, -0.1) is 0 Å². The fourth-order valence-corrected chi connectivity index (χ4v) is 4.07. The molecule has 4 aromatic carbocycles. The molecule has 0 saturated carbocycles. The zero-order chi connectivity index (χ0) is 24.6. The fraction of sp³-hybridized carbons (Fsp3) is 0.167. The Bertz CT molecular complexity index is 1250. The van der Waals surface area contributed by atoms with Gasteiger partial charge in [0.2, 0.25) is 0 Å². The van der Waals surface area contributed by atoms with E-state index in [9.17, 15) is 9.18 Å². The first-order chi connectivity index (χ1) is 17.0. The van der Waals surface area contributed by atoms with E-state index < -0.39 is 5.97 Å². The lowest BCUT2D eigenvalue weighted by Crippen LogP contribution is -2.10. The highest BCUT2D eigenvalue weighted by molar-refractivity contribution is 5.68. The second-order valence-corrected chi connectivity index (χ2v) is 8.34. The molecular formula is C30H27FO4. The lowest BCUT2D eigenvalue weighted by molar-refractivity contribution is -0.139. The molecule has 4 nitrogen and oxygen atoms in total. The van der Waals surface area contributed by atoms with Gasteiger partial charge in [0.1, 0.15) is 17.3 Å². The van der Waals surface area contributed by atoms with Gasteiger partial charge in [-0.2, -0.15) is 0 Å². The number of carboxylic acid groups (broad SMARTS) is 1. The van der Waals surface area contributed by atoms with Crippen molar-refractivity contribution in [1.29, 1.82) is 0 Å². The van der Waals surface area contributed by atoms with E-state index in [1.165, 1.54) is 12.1 Å². The molecule has 0 aliphatic rings. The van der Waals surface area contributed by atoms with Crippen molar-refractivity contribution < 1.29 is 23.8 Å². The van der Waals surface area contributed by atoms with Crippen molar-refractivity contribution in [3.05, 3.63) is 120 Å². The minimum atomic E-state index is -1.02. The van der Waals surface area contributed by atoms with Crippen LogP contribution < -0.4 is 9.47 Å². The SMILES string of the molecule is Cc1cc(OCCC(c2ccc(F)cc2)c2ccc(-c3ccccc3)cc2)ccc1OCC(=O)O. The van der Waals surface area contributed by atoms with Crippen LogP contribution in [0.4, 0.5) is 4.39 Å². The number of carbonyl (C=O) groups is 1. The topological polar surface area (TPSA) is 55.8 Å². The van der Waals surface area contributed by atoms with Crippen LogP contribution in [0, 0.1) is 12.7 Å². The number of aryl methyl sites for hydroxylation is 1. The van der Waals surface area contributed by atoms with Crippen LogP contribution in [0.3, 0.4) is 0 Å². The molecule has 1 unspecified atom stereocenters. The van der Waals surface area contributed by atoms with Gasteiger partial charge in [-0.3, -0.25) is 0 Å². The molecule has 0 bridgehead atoms. The number of hydrogen-bond donors (Lipinski definition) is 1. The van der Waals surface area contributed by atoms with E-state index >= 15 is 0 Å². The van der Waals surface area contributed by atoms with Crippen molar-refractivity contribution in [3.8, 4) is 22.6 Å². The van der Waals surface area contributed by atoms with Gasteiger partial charge >= 0.3 is 5.97 Å². The third-order valence-corrected chi connectivity index (χ3v) is 5.87.